The summed E-state index contributed by atoms with van der Waals surface area (Å²) in [4.78, 5) is 4.15. The first-order valence-electron chi connectivity index (χ1n) is 4.23. The van der Waals surface area contributed by atoms with Crippen molar-refractivity contribution in [2.75, 3.05) is 0 Å². The summed E-state index contributed by atoms with van der Waals surface area (Å²) >= 11 is 3.46. The molecule has 2 aromatic rings. The molecule has 0 N–H and O–H groups in total. The molecule has 72 valence electrons. The van der Waals surface area contributed by atoms with E-state index in [9.17, 15) is 0 Å². The van der Waals surface area contributed by atoms with Gasteiger partial charge in [-0.15, -0.1) is 0 Å². The van der Waals surface area contributed by atoms with E-state index in [1.807, 2.05) is 25.1 Å². The van der Waals surface area contributed by atoms with E-state index in [0.717, 1.165) is 10.0 Å². The molecule has 0 radical (unpaired) electrons. The van der Waals surface area contributed by atoms with Crippen LogP contribution in [0.15, 0.2) is 27.2 Å². The van der Waals surface area contributed by atoms with Crippen molar-refractivity contribution >= 4 is 15.9 Å². The molecular formula is C10H9BrN2O. The molecule has 0 fully saturated rings. The van der Waals surface area contributed by atoms with Gasteiger partial charge < -0.3 is 4.52 Å². The Morgan fingerprint density at radius 1 is 1.29 bits per heavy atom. The minimum Gasteiger partial charge on any atom is -0.339 e. The molecule has 2 rings (SSSR count). The SMILES string of the molecule is Cc1nc(-c2ccc(C)c(Br)c2)no1. The Morgan fingerprint density at radius 3 is 2.64 bits per heavy atom. The van der Waals surface area contributed by atoms with Crippen molar-refractivity contribution in [1.29, 1.82) is 0 Å². The zero-order chi connectivity index (χ0) is 10.1. The molecule has 3 nitrogen and oxygen atoms in total. The largest absolute Gasteiger partial charge is 0.339 e. The van der Waals surface area contributed by atoms with Gasteiger partial charge in [-0.05, 0) is 18.6 Å². The van der Waals surface area contributed by atoms with Crippen molar-refractivity contribution in [3.8, 4) is 11.4 Å². The Hall–Kier alpha value is -1.16. The number of aromatic nitrogens is 2. The first kappa shape index (κ1) is 9.40. The molecule has 0 bridgehead atoms. The van der Waals surface area contributed by atoms with E-state index in [-0.39, 0.29) is 0 Å². The van der Waals surface area contributed by atoms with Gasteiger partial charge in [0.1, 0.15) is 0 Å². The van der Waals surface area contributed by atoms with Crippen LogP contribution < -0.4 is 0 Å². The van der Waals surface area contributed by atoms with Crippen molar-refractivity contribution < 1.29 is 4.52 Å². The van der Waals surface area contributed by atoms with Crippen LogP contribution >= 0.6 is 15.9 Å². The average Bonchev–Trinajstić information content (AvgIpc) is 2.57. The molecule has 1 aromatic heterocycles. The summed E-state index contributed by atoms with van der Waals surface area (Å²) < 4.78 is 5.97. The van der Waals surface area contributed by atoms with Gasteiger partial charge in [-0.1, -0.05) is 33.2 Å². The molecule has 0 unspecified atom stereocenters. The van der Waals surface area contributed by atoms with E-state index in [0.29, 0.717) is 11.7 Å². The second kappa shape index (κ2) is 3.53. The van der Waals surface area contributed by atoms with Crippen LogP contribution in [0.5, 0.6) is 0 Å². The number of benzene rings is 1. The fraction of sp³-hybridized carbons (Fsp3) is 0.200. The van der Waals surface area contributed by atoms with Crippen LogP contribution in [0, 0.1) is 13.8 Å². The van der Waals surface area contributed by atoms with E-state index in [1.165, 1.54) is 5.56 Å². The molecule has 0 atom stereocenters. The molecule has 0 aliphatic rings. The van der Waals surface area contributed by atoms with Crippen molar-refractivity contribution in [2.45, 2.75) is 13.8 Å². The monoisotopic (exact) mass is 252 g/mol. The second-order valence-electron chi connectivity index (χ2n) is 3.10. The van der Waals surface area contributed by atoms with Gasteiger partial charge >= 0.3 is 0 Å². The highest BCUT2D eigenvalue weighted by Gasteiger charge is 2.06. The quantitative estimate of drug-likeness (QED) is 0.783. The zero-order valence-electron chi connectivity index (χ0n) is 7.91. The number of nitrogens with zero attached hydrogens (tertiary/aromatic N) is 2. The topological polar surface area (TPSA) is 38.9 Å². The lowest BCUT2D eigenvalue weighted by atomic mass is 10.1. The van der Waals surface area contributed by atoms with Gasteiger partial charge in [0, 0.05) is 17.0 Å². The summed E-state index contributed by atoms with van der Waals surface area (Å²) in [6.07, 6.45) is 0. The Kier molecular flexibility index (Phi) is 2.37. The maximum absolute atomic E-state index is 4.91. The van der Waals surface area contributed by atoms with Gasteiger partial charge in [0.25, 0.3) is 0 Å². The lowest BCUT2D eigenvalue weighted by Gasteiger charge is -1.98. The van der Waals surface area contributed by atoms with E-state index in [1.54, 1.807) is 6.92 Å². The van der Waals surface area contributed by atoms with Gasteiger partial charge in [0.2, 0.25) is 11.7 Å². The fourth-order valence-corrected chi connectivity index (χ4v) is 1.53. The number of rotatable bonds is 1. The van der Waals surface area contributed by atoms with Gasteiger partial charge in [-0.3, -0.25) is 0 Å². The van der Waals surface area contributed by atoms with Crippen LogP contribution in [0.2, 0.25) is 0 Å². The third-order valence-electron chi connectivity index (χ3n) is 1.96. The minimum atomic E-state index is 0.580. The Morgan fingerprint density at radius 2 is 2.07 bits per heavy atom. The smallest absolute Gasteiger partial charge is 0.223 e. The Labute approximate surface area is 90.3 Å². The lowest BCUT2D eigenvalue weighted by molar-refractivity contribution is 0.394. The molecule has 0 spiro atoms. The molecule has 4 heteroatoms. The number of hydrogen-bond acceptors (Lipinski definition) is 3. The third kappa shape index (κ3) is 1.70. The van der Waals surface area contributed by atoms with E-state index in [2.05, 4.69) is 26.1 Å². The van der Waals surface area contributed by atoms with Crippen molar-refractivity contribution in [2.24, 2.45) is 0 Å². The second-order valence-corrected chi connectivity index (χ2v) is 3.96. The first-order chi connectivity index (χ1) is 6.66. The highest BCUT2D eigenvalue weighted by Crippen LogP contribution is 2.23. The van der Waals surface area contributed by atoms with E-state index < -0.39 is 0 Å². The number of hydrogen-bond donors (Lipinski definition) is 0. The normalized spacial score (nSPS) is 10.5. The molecule has 0 saturated heterocycles. The third-order valence-corrected chi connectivity index (χ3v) is 2.81. The van der Waals surface area contributed by atoms with Crippen LogP contribution in [0.4, 0.5) is 0 Å². The standard InChI is InChI=1S/C10H9BrN2O/c1-6-3-4-8(5-9(6)11)10-12-7(2)14-13-10/h3-5H,1-2H3. The minimum absolute atomic E-state index is 0.580. The summed E-state index contributed by atoms with van der Waals surface area (Å²) in [5.41, 5.74) is 2.15. The highest BCUT2D eigenvalue weighted by molar-refractivity contribution is 9.10. The molecule has 0 saturated carbocycles. The molecule has 14 heavy (non-hydrogen) atoms. The van der Waals surface area contributed by atoms with Crippen LogP contribution in [0.3, 0.4) is 0 Å². The van der Waals surface area contributed by atoms with Crippen molar-refractivity contribution in [3.05, 3.63) is 34.1 Å². The molecule has 0 amide bonds. The molecule has 1 heterocycles. The predicted molar refractivity (Wildman–Crippen MR) is 56.9 cm³/mol. The first-order valence-corrected chi connectivity index (χ1v) is 5.03. The summed E-state index contributed by atoms with van der Waals surface area (Å²) in [6, 6.07) is 5.98. The van der Waals surface area contributed by atoms with Gasteiger partial charge in [-0.25, -0.2) is 0 Å². The summed E-state index contributed by atoms with van der Waals surface area (Å²) in [7, 11) is 0. The molecule has 0 aliphatic carbocycles. The lowest BCUT2D eigenvalue weighted by Crippen LogP contribution is -1.82. The van der Waals surface area contributed by atoms with Crippen LogP contribution in [0.25, 0.3) is 11.4 Å². The average molecular weight is 253 g/mol. The van der Waals surface area contributed by atoms with Gasteiger partial charge in [0.05, 0.1) is 0 Å². The highest BCUT2D eigenvalue weighted by atomic mass is 79.9. The number of aryl methyl sites for hydroxylation is 2. The van der Waals surface area contributed by atoms with Gasteiger partial charge in [0.15, 0.2) is 0 Å². The predicted octanol–water partition coefficient (Wildman–Crippen LogP) is 3.12. The van der Waals surface area contributed by atoms with Crippen LogP contribution in [-0.2, 0) is 0 Å². The van der Waals surface area contributed by atoms with Crippen molar-refractivity contribution in [3.63, 3.8) is 0 Å². The van der Waals surface area contributed by atoms with Gasteiger partial charge in [-0.2, -0.15) is 4.98 Å². The number of halogens is 1. The van der Waals surface area contributed by atoms with Crippen LogP contribution in [0.1, 0.15) is 11.5 Å². The zero-order valence-corrected chi connectivity index (χ0v) is 9.50. The summed E-state index contributed by atoms with van der Waals surface area (Å²) in [5, 5.41) is 3.85. The summed E-state index contributed by atoms with van der Waals surface area (Å²) in [5.74, 6) is 1.21. The van der Waals surface area contributed by atoms with Crippen molar-refractivity contribution in [1.82, 2.24) is 10.1 Å². The summed E-state index contributed by atoms with van der Waals surface area (Å²) in [6.45, 7) is 3.81. The van der Waals surface area contributed by atoms with Crippen LogP contribution in [-0.4, -0.2) is 10.1 Å². The molecular weight excluding hydrogens is 244 g/mol. The van der Waals surface area contributed by atoms with E-state index >= 15 is 0 Å². The maximum atomic E-state index is 4.91. The van der Waals surface area contributed by atoms with E-state index in [4.69, 9.17) is 4.52 Å². The molecule has 1 aromatic carbocycles. The Bertz CT molecular complexity index is 465. The fourth-order valence-electron chi connectivity index (χ4n) is 1.15. The maximum Gasteiger partial charge on any atom is 0.223 e. The molecule has 0 aliphatic heterocycles. The Balaban J connectivity index is 2.47.